The van der Waals surface area contributed by atoms with Gasteiger partial charge in [-0.25, -0.2) is 0 Å². The zero-order valence-electron chi connectivity index (χ0n) is 19.5. The maximum atomic E-state index is 13.2. The molecule has 180 valence electrons. The van der Waals surface area contributed by atoms with Gasteiger partial charge in [0.1, 0.15) is 32.9 Å². The van der Waals surface area contributed by atoms with Crippen LogP contribution in [0.4, 0.5) is 0 Å². The second-order valence-corrected chi connectivity index (χ2v) is 9.11. The number of rotatable bonds is 6. The molecule has 3 heterocycles. The van der Waals surface area contributed by atoms with Gasteiger partial charge in [-0.3, -0.25) is 24.5 Å². The number of hydrogen-bond acceptors (Lipinski definition) is 6. The van der Waals surface area contributed by atoms with Gasteiger partial charge in [0.2, 0.25) is 17.7 Å². The molecule has 4 amide bonds. The molecule has 0 bridgehead atoms. The lowest BCUT2D eigenvalue weighted by molar-refractivity contribution is -0.143. The van der Waals surface area contributed by atoms with E-state index in [2.05, 4.69) is 5.32 Å². The van der Waals surface area contributed by atoms with Crippen LogP contribution in [-0.2, 0) is 38.8 Å². The molecule has 2 aromatic carbocycles. The molecule has 1 N–H and O–H groups in total. The Balaban J connectivity index is 1.26. The molecule has 0 radical (unpaired) electrons. The third-order valence-corrected chi connectivity index (χ3v) is 6.74. The zero-order valence-corrected chi connectivity index (χ0v) is 19.5. The SMILES string of the molecule is Bc1ccc(OCc2ccc(CN3CCOCC3=O)cc2)c2c1C(=O)N(C1CCC(=O)NC1=O)C2. The van der Waals surface area contributed by atoms with Crippen LogP contribution in [0.3, 0.4) is 0 Å². The second kappa shape index (κ2) is 9.54. The van der Waals surface area contributed by atoms with Crippen LogP contribution in [0.2, 0.25) is 0 Å². The molecule has 9 nitrogen and oxygen atoms in total. The third-order valence-electron chi connectivity index (χ3n) is 6.74. The quantitative estimate of drug-likeness (QED) is 0.452. The van der Waals surface area contributed by atoms with E-state index in [-0.39, 0.29) is 37.3 Å². The van der Waals surface area contributed by atoms with Crippen LogP contribution in [0.15, 0.2) is 36.4 Å². The molecule has 0 aliphatic carbocycles. The minimum absolute atomic E-state index is 0.00205. The van der Waals surface area contributed by atoms with Crippen LogP contribution in [0.1, 0.15) is 39.9 Å². The van der Waals surface area contributed by atoms with Crippen LogP contribution >= 0.6 is 0 Å². The fraction of sp³-hybridized carbons (Fsp3) is 0.360. The van der Waals surface area contributed by atoms with Crippen molar-refractivity contribution in [1.29, 1.82) is 0 Å². The number of imide groups is 1. The fourth-order valence-corrected chi connectivity index (χ4v) is 4.79. The number of carbonyl (C=O) groups is 4. The van der Waals surface area contributed by atoms with E-state index >= 15 is 0 Å². The number of nitrogens with zero attached hydrogens (tertiary/aromatic N) is 2. The first kappa shape index (κ1) is 23.1. The normalized spacial score (nSPS) is 20.2. The Morgan fingerprint density at radius 2 is 1.83 bits per heavy atom. The summed E-state index contributed by atoms with van der Waals surface area (Å²) in [5.41, 5.74) is 4.16. The van der Waals surface area contributed by atoms with Crippen molar-refractivity contribution in [2.45, 2.75) is 38.6 Å². The highest BCUT2D eigenvalue weighted by molar-refractivity contribution is 6.37. The van der Waals surface area contributed by atoms with E-state index in [9.17, 15) is 19.2 Å². The molecule has 2 aromatic rings. The van der Waals surface area contributed by atoms with Crippen LogP contribution in [0, 0.1) is 0 Å². The predicted molar refractivity (Wildman–Crippen MR) is 128 cm³/mol. The Bertz CT molecular complexity index is 1200. The first-order valence-corrected chi connectivity index (χ1v) is 11.7. The number of fused-ring (bicyclic) bond motifs is 1. The molecule has 1 unspecified atom stereocenters. The van der Waals surface area contributed by atoms with E-state index in [1.54, 1.807) is 4.90 Å². The monoisotopic (exact) mass is 475 g/mol. The summed E-state index contributed by atoms with van der Waals surface area (Å²) in [4.78, 5) is 52.3. The lowest BCUT2D eigenvalue weighted by Crippen LogP contribution is -2.52. The maximum absolute atomic E-state index is 13.2. The Morgan fingerprint density at radius 1 is 1.06 bits per heavy atom. The molecule has 35 heavy (non-hydrogen) atoms. The highest BCUT2D eigenvalue weighted by atomic mass is 16.5. The first-order chi connectivity index (χ1) is 16.9. The molecule has 3 aliphatic heterocycles. The summed E-state index contributed by atoms with van der Waals surface area (Å²) in [6, 6.07) is 10.9. The van der Waals surface area contributed by atoms with Crippen molar-refractivity contribution < 1.29 is 28.7 Å². The van der Waals surface area contributed by atoms with E-state index < -0.39 is 11.9 Å². The average Bonchev–Trinajstić information content (AvgIpc) is 3.19. The van der Waals surface area contributed by atoms with E-state index in [0.717, 1.165) is 22.2 Å². The number of benzene rings is 2. The molecule has 0 aromatic heterocycles. The lowest BCUT2D eigenvalue weighted by Gasteiger charge is -2.29. The van der Waals surface area contributed by atoms with Gasteiger partial charge in [0.25, 0.3) is 5.91 Å². The van der Waals surface area contributed by atoms with Gasteiger partial charge in [0.05, 0.1) is 13.2 Å². The number of piperidine rings is 1. The molecule has 5 rings (SSSR count). The van der Waals surface area contributed by atoms with Crippen LogP contribution in [0.5, 0.6) is 5.75 Å². The van der Waals surface area contributed by atoms with E-state index in [1.165, 1.54) is 4.90 Å². The smallest absolute Gasteiger partial charge is 0.254 e. The van der Waals surface area contributed by atoms with Gasteiger partial charge < -0.3 is 19.3 Å². The predicted octanol–water partition coefficient (Wildman–Crippen LogP) is -0.356. The minimum Gasteiger partial charge on any atom is -0.489 e. The topological polar surface area (TPSA) is 105 Å². The van der Waals surface area contributed by atoms with Crippen LogP contribution in [0.25, 0.3) is 0 Å². The number of hydrogen-bond donors (Lipinski definition) is 1. The minimum atomic E-state index is -0.661. The Kier molecular flexibility index (Phi) is 6.30. The summed E-state index contributed by atoms with van der Waals surface area (Å²) in [5, 5.41) is 2.33. The summed E-state index contributed by atoms with van der Waals surface area (Å²) in [7, 11) is 1.87. The number of amides is 4. The van der Waals surface area contributed by atoms with E-state index in [4.69, 9.17) is 9.47 Å². The lowest BCUT2D eigenvalue weighted by atomic mass is 9.88. The van der Waals surface area contributed by atoms with Crippen LogP contribution in [-0.4, -0.2) is 67.1 Å². The summed E-state index contributed by atoms with van der Waals surface area (Å²) in [6.45, 7) is 2.42. The maximum Gasteiger partial charge on any atom is 0.254 e. The molecule has 10 heteroatoms. The van der Waals surface area contributed by atoms with Crippen molar-refractivity contribution in [1.82, 2.24) is 15.1 Å². The highest BCUT2D eigenvalue weighted by Crippen LogP contribution is 2.33. The summed E-state index contributed by atoms with van der Waals surface area (Å²) in [6.07, 6.45) is 0.538. The van der Waals surface area contributed by atoms with Crippen molar-refractivity contribution in [3.63, 3.8) is 0 Å². The number of nitrogens with one attached hydrogen (secondary N) is 1. The van der Waals surface area contributed by atoms with Crippen molar-refractivity contribution >= 4 is 36.9 Å². The van der Waals surface area contributed by atoms with Gasteiger partial charge in [-0.15, -0.1) is 0 Å². The second-order valence-electron chi connectivity index (χ2n) is 9.11. The van der Waals surface area contributed by atoms with Crippen molar-refractivity contribution in [2.75, 3.05) is 19.8 Å². The van der Waals surface area contributed by atoms with Crippen molar-refractivity contribution in [2.24, 2.45) is 0 Å². The highest BCUT2D eigenvalue weighted by Gasteiger charge is 2.40. The first-order valence-electron chi connectivity index (χ1n) is 11.7. The van der Waals surface area contributed by atoms with Crippen molar-refractivity contribution in [3.05, 3.63) is 58.7 Å². The Labute approximate surface area is 203 Å². The summed E-state index contributed by atoms with van der Waals surface area (Å²) < 4.78 is 11.3. The number of ether oxygens (including phenoxy) is 2. The third kappa shape index (κ3) is 4.66. The molecule has 2 fully saturated rings. The zero-order chi connectivity index (χ0) is 24.5. The van der Waals surface area contributed by atoms with Gasteiger partial charge in [-0.05, 0) is 23.6 Å². The van der Waals surface area contributed by atoms with Gasteiger partial charge in [0.15, 0.2) is 0 Å². The fourth-order valence-electron chi connectivity index (χ4n) is 4.79. The summed E-state index contributed by atoms with van der Waals surface area (Å²) in [5.74, 6) is -0.339. The van der Waals surface area contributed by atoms with Gasteiger partial charge in [-0.1, -0.05) is 35.8 Å². The molecule has 1 atom stereocenters. The Morgan fingerprint density at radius 3 is 2.57 bits per heavy atom. The van der Waals surface area contributed by atoms with Crippen LogP contribution < -0.4 is 15.5 Å². The molecule has 0 spiro atoms. The van der Waals surface area contributed by atoms with Crippen molar-refractivity contribution in [3.8, 4) is 5.75 Å². The average molecular weight is 475 g/mol. The molecular weight excluding hydrogens is 449 g/mol. The largest absolute Gasteiger partial charge is 0.489 e. The van der Waals surface area contributed by atoms with Gasteiger partial charge in [0, 0.05) is 30.6 Å². The Hall–Kier alpha value is -3.66. The number of carbonyl (C=O) groups excluding carboxylic acids is 4. The molecular formula is C25H26BN3O6. The van der Waals surface area contributed by atoms with Gasteiger partial charge >= 0.3 is 0 Å². The molecule has 2 saturated heterocycles. The summed E-state index contributed by atoms with van der Waals surface area (Å²) >= 11 is 0. The standard InChI is InChI=1S/C25H26BN3O6/c26-18-5-7-20(17-12-29(25(33)23(17)18)19-6-8-21(30)27-24(19)32)35-13-16-3-1-15(2-4-16)11-28-9-10-34-14-22(28)31/h1-5,7,19H,6,8-14,26H2,(H,27,30,32). The van der Waals surface area contributed by atoms with E-state index in [1.807, 2.05) is 44.2 Å². The number of morpholine rings is 1. The van der Waals surface area contributed by atoms with E-state index in [0.29, 0.717) is 44.0 Å². The van der Waals surface area contributed by atoms with Gasteiger partial charge in [-0.2, -0.15) is 0 Å². The molecule has 0 saturated carbocycles. The molecule has 3 aliphatic rings.